The molecule has 6 nitrogen and oxygen atoms in total. The predicted molar refractivity (Wildman–Crippen MR) is 114 cm³/mol. The van der Waals surface area contributed by atoms with Crippen molar-refractivity contribution in [3.8, 4) is 0 Å². The van der Waals surface area contributed by atoms with Gasteiger partial charge in [-0.3, -0.25) is 0 Å². The number of hydrogen-bond donors (Lipinski definition) is 1. The summed E-state index contributed by atoms with van der Waals surface area (Å²) in [6, 6.07) is 8.88. The maximum absolute atomic E-state index is 12.1. The number of carbonyl (C=O) groups is 1. The molecule has 1 aliphatic rings. The van der Waals surface area contributed by atoms with E-state index in [0.717, 1.165) is 10.9 Å². The third-order valence-corrected chi connectivity index (χ3v) is 5.46. The summed E-state index contributed by atoms with van der Waals surface area (Å²) >= 11 is 9.67. The molecule has 0 unspecified atom stereocenters. The second-order valence-electron chi connectivity index (χ2n) is 6.57. The van der Waals surface area contributed by atoms with Crippen molar-refractivity contribution in [2.75, 3.05) is 12.3 Å². The van der Waals surface area contributed by atoms with Gasteiger partial charge >= 0.3 is 5.97 Å². The molecule has 3 rings (SSSR count). The lowest BCUT2D eigenvalue weighted by molar-refractivity contribution is -0.0380. The number of rotatable bonds is 6. The number of ether oxygens (including phenoxy) is 2. The first kappa shape index (κ1) is 20.6. The van der Waals surface area contributed by atoms with Gasteiger partial charge < -0.3 is 19.8 Å². The second-order valence-corrected chi connectivity index (χ2v) is 7.79. The zero-order chi connectivity index (χ0) is 20.3. The van der Waals surface area contributed by atoms with E-state index in [2.05, 4.69) is 34.4 Å². The van der Waals surface area contributed by atoms with Crippen LogP contribution in [0.5, 0.6) is 0 Å². The minimum Gasteiger partial charge on any atom is -0.459 e. The molecule has 0 amide bonds. The van der Waals surface area contributed by atoms with E-state index < -0.39 is 0 Å². The smallest absolute Gasteiger partial charge is 0.338 e. The molecule has 0 aliphatic carbocycles. The van der Waals surface area contributed by atoms with Gasteiger partial charge in [-0.15, -0.1) is 0 Å². The summed E-state index contributed by atoms with van der Waals surface area (Å²) in [7, 11) is 0. The van der Waals surface area contributed by atoms with Crippen molar-refractivity contribution in [3.63, 3.8) is 0 Å². The highest BCUT2D eigenvalue weighted by Gasteiger charge is 2.36. The Morgan fingerprint density at radius 1 is 1.50 bits per heavy atom. The number of aliphatic imine (C=N–C) groups is 1. The molecule has 0 bridgehead atoms. The van der Waals surface area contributed by atoms with Crippen LogP contribution in [-0.2, 0) is 9.47 Å². The van der Waals surface area contributed by atoms with Crippen LogP contribution >= 0.6 is 27.5 Å². The van der Waals surface area contributed by atoms with Crippen molar-refractivity contribution in [1.82, 2.24) is 4.57 Å². The van der Waals surface area contributed by atoms with Crippen LogP contribution in [0.1, 0.15) is 35.5 Å². The fourth-order valence-corrected chi connectivity index (χ4v) is 4.25. The number of halogens is 2. The minimum absolute atomic E-state index is 0.171. The van der Waals surface area contributed by atoms with Crippen LogP contribution in [0.3, 0.4) is 0 Å². The van der Waals surface area contributed by atoms with Crippen molar-refractivity contribution in [2.45, 2.75) is 25.7 Å². The molecule has 1 aliphatic heterocycles. The Hall–Kier alpha value is -2.09. The fraction of sp³-hybridized carbons (Fsp3) is 0.300. The summed E-state index contributed by atoms with van der Waals surface area (Å²) in [4.78, 5) is 16.1. The highest BCUT2D eigenvalue weighted by atomic mass is 79.9. The second kappa shape index (κ2) is 8.94. The van der Waals surface area contributed by atoms with Crippen molar-refractivity contribution in [1.29, 1.82) is 0 Å². The van der Waals surface area contributed by atoms with Crippen LogP contribution in [0.25, 0.3) is 0 Å². The first-order valence-corrected chi connectivity index (χ1v) is 9.97. The zero-order valence-corrected chi connectivity index (χ0v) is 17.7. The van der Waals surface area contributed by atoms with E-state index in [0.29, 0.717) is 16.9 Å². The fourth-order valence-electron chi connectivity index (χ4n) is 3.26. The van der Waals surface area contributed by atoms with Gasteiger partial charge in [-0.05, 0) is 34.5 Å². The minimum atomic E-state index is -0.363. The third-order valence-electron chi connectivity index (χ3n) is 4.57. The van der Waals surface area contributed by atoms with Crippen LogP contribution in [0, 0.1) is 5.92 Å². The van der Waals surface area contributed by atoms with Gasteiger partial charge in [0.1, 0.15) is 23.8 Å². The lowest BCUT2D eigenvalue weighted by atomic mass is 10.1. The standard InChI is InChI=1S/C20H21BrClN3O3/c1-3-24-17(22)16-15(21)10-25(18(16)23)19-12(2)9-14(28-19)11-27-20(26)13-7-5-4-6-8-13/h3-8,10,12,14,19H,1,9,11,23H2,2H3/b24-17+/t12-,14-,19-/m0/s1. The Morgan fingerprint density at radius 2 is 2.21 bits per heavy atom. The monoisotopic (exact) mass is 465 g/mol. The van der Waals surface area contributed by atoms with Crippen LogP contribution in [0.4, 0.5) is 5.82 Å². The number of nitrogen functional groups attached to an aromatic ring is 1. The molecule has 2 aromatic rings. The first-order chi connectivity index (χ1) is 13.4. The topological polar surface area (TPSA) is 78.8 Å². The van der Waals surface area contributed by atoms with Crippen LogP contribution in [0.15, 0.2) is 58.8 Å². The molecule has 1 aromatic carbocycles. The average Bonchev–Trinajstić information content (AvgIpc) is 3.19. The summed E-state index contributed by atoms with van der Waals surface area (Å²) in [5.41, 5.74) is 7.40. The number of nitrogens with zero attached hydrogens (tertiary/aromatic N) is 2. The van der Waals surface area contributed by atoms with E-state index in [-0.39, 0.29) is 36.0 Å². The number of anilines is 1. The molecular formula is C20H21BrClN3O3. The van der Waals surface area contributed by atoms with Gasteiger partial charge in [0.2, 0.25) is 0 Å². The molecule has 3 atom stereocenters. The SMILES string of the molecule is C=C/N=C(/Cl)c1c(Br)cn([C@H]2O[C@H](COC(=O)c3ccccc3)C[C@@H]2C)c1N. The number of hydrogen-bond acceptors (Lipinski definition) is 5. The van der Waals surface area contributed by atoms with E-state index in [1.807, 2.05) is 16.8 Å². The van der Waals surface area contributed by atoms with E-state index in [4.69, 9.17) is 26.8 Å². The quantitative estimate of drug-likeness (QED) is 0.492. The molecule has 28 heavy (non-hydrogen) atoms. The number of benzene rings is 1. The molecule has 0 radical (unpaired) electrons. The molecule has 148 valence electrons. The lowest BCUT2D eigenvalue weighted by Gasteiger charge is -2.19. The van der Waals surface area contributed by atoms with E-state index >= 15 is 0 Å². The number of esters is 1. The van der Waals surface area contributed by atoms with Crippen molar-refractivity contribution in [3.05, 3.63) is 64.9 Å². The van der Waals surface area contributed by atoms with Gasteiger partial charge in [0.15, 0.2) is 0 Å². The first-order valence-electron chi connectivity index (χ1n) is 8.80. The molecule has 1 aromatic heterocycles. The van der Waals surface area contributed by atoms with Gasteiger partial charge in [-0.2, -0.15) is 0 Å². The van der Waals surface area contributed by atoms with Gasteiger partial charge in [-0.25, -0.2) is 9.79 Å². The average molecular weight is 467 g/mol. The van der Waals surface area contributed by atoms with E-state index in [9.17, 15) is 4.79 Å². The summed E-state index contributed by atoms with van der Waals surface area (Å²) in [6.07, 6.45) is 3.42. The largest absolute Gasteiger partial charge is 0.459 e. The number of carbonyl (C=O) groups excluding carboxylic acids is 1. The highest BCUT2D eigenvalue weighted by Crippen LogP contribution is 2.39. The molecule has 2 N–H and O–H groups in total. The van der Waals surface area contributed by atoms with Gasteiger partial charge in [-0.1, -0.05) is 43.3 Å². The third kappa shape index (κ3) is 4.32. The predicted octanol–water partition coefficient (Wildman–Crippen LogP) is 4.74. The maximum atomic E-state index is 12.1. The lowest BCUT2D eigenvalue weighted by Crippen LogP contribution is -2.20. The molecule has 8 heteroatoms. The molecule has 0 spiro atoms. The Kier molecular flexibility index (Phi) is 6.59. The molecule has 1 fully saturated rings. The molecule has 1 saturated heterocycles. The van der Waals surface area contributed by atoms with Crippen molar-refractivity contribution in [2.24, 2.45) is 10.9 Å². The zero-order valence-electron chi connectivity index (χ0n) is 15.3. The van der Waals surface area contributed by atoms with Crippen LogP contribution < -0.4 is 5.73 Å². The van der Waals surface area contributed by atoms with Gasteiger partial charge in [0.05, 0.1) is 17.2 Å². The van der Waals surface area contributed by atoms with Crippen molar-refractivity contribution >= 4 is 44.5 Å². The summed E-state index contributed by atoms with van der Waals surface area (Å²) in [5, 5.41) is 0.247. The number of nitrogens with two attached hydrogens (primary N) is 1. The maximum Gasteiger partial charge on any atom is 0.338 e. The van der Waals surface area contributed by atoms with E-state index in [1.165, 1.54) is 6.20 Å². The van der Waals surface area contributed by atoms with Gasteiger partial charge in [0.25, 0.3) is 0 Å². The van der Waals surface area contributed by atoms with Crippen LogP contribution in [0.2, 0.25) is 0 Å². The van der Waals surface area contributed by atoms with E-state index in [1.54, 1.807) is 24.3 Å². The Balaban J connectivity index is 1.69. The molecular weight excluding hydrogens is 446 g/mol. The van der Waals surface area contributed by atoms with Crippen molar-refractivity contribution < 1.29 is 14.3 Å². The van der Waals surface area contributed by atoms with Crippen LogP contribution in [-0.4, -0.2) is 28.4 Å². The van der Waals surface area contributed by atoms with Gasteiger partial charge in [0, 0.05) is 22.8 Å². The number of aromatic nitrogens is 1. The summed E-state index contributed by atoms with van der Waals surface area (Å²) in [6.45, 7) is 5.80. The normalized spacial score (nSPS) is 22.2. The summed E-state index contributed by atoms with van der Waals surface area (Å²) in [5.74, 6) is 0.254. The molecule has 0 saturated carbocycles. The Morgan fingerprint density at radius 3 is 2.89 bits per heavy atom. The summed E-state index contributed by atoms with van der Waals surface area (Å²) < 4.78 is 14.1. The Labute approximate surface area is 177 Å². The molecule has 2 heterocycles. The highest BCUT2D eigenvalue weighted by molar-refractivity contribution is 9.10. The Bertz CT molecular complexity index is 898.